The van der Waals surface area contributed by atoms with Gasteiger partial charge in [0.1, 0.15) is 0 Å². The summed E-state index contributed by atoms with van der Waals surface area (Å²) in [5.41, 5.74) is 16.2. The standard InChI is InChI=1S/C22H26ClN.C5H12.CH5N/c1-3-4-9-17(2)14-15-18-10-5-6-11-19(18)16-22(24)20-12-7-8-13-21(20)23;1-3-5-4-2;1-2/h5-8,10-14,16H,3-4,9,15,24H2,1-2H3;3-5H2,1-2H3;2H2,1H3/b17-14+,22-16-;;. The predicted octanol–water partition coefficient (Wildman–Crippen LogP) is 8.25. The highest BCUT2D eigenvalue weighted by Gasteiger charge is 2.04. The summed E-state index contributed by atoms with van der Waals surface area (Å²) >= 11 is 6.25. The first-order chi connectivity index (χ1) is 15.0. The maximum absolute atomic E-state index is 6.28. The summed E-state index contributed by atoms with van der Waals surface area (Å²) < 4.78 is 0. The lowest BCUT2D eigenvalue weighted by Gasteiger charge is -2.08. The van der Waals surface area contributed by atoms with Gasteiger partial charge in [0.25, 0.3) is 0 Å². The van der Waals surface area contributed by atoms with E-state index in [-0.39, 0.29) is 0 Å². The molecule has 4 N–H and O–H groups in total. The topological polar surface area (TPSA) is 52.0 Å². The van der Waals surface area contributed by atoms with Crippen LogP contribution in [-0.4, -0.2) is 7.05 Å². The highest BCUT2D eigenvalue weighted by atomic mass is 35.5. The maximum Gasteiger partial charge on any atom is 0.0499 e. The number of benzene rings is 2. The van der Waals surface area contributed by atoms with E-state index in [0.29, 0.717) is 10.7 Å². The molecule has 2 rings (SSSR count). The Morgan fingerprint density at radius 1 is 0.871 bits per heavy atom. The molecule has 0 saturated carbocycles. The smallest absolute Gasteiger partial charge is 0.0499 e. The van der Waals surface area contributed by atoms with Crippen LogP contribution in [-0.2, 0) is 6.42 Å². The number of hydrogen-bond donors (Lipinski definition) is 2. The van der Waals surface area contributed by atoms with E-state index in [1.54, 1.807) is 0 Å². The maximum atomic E-state index is 6.28. The third-order valence-electron chi connectivity index (χ3n) is 4.85. The molecule has 2 aromatic carbocycles. The lowest BCUT2D eigenvalue weighted by atomic mass is 10.00. The fraction of sp³-hybridized carbons (Fsp3) is 0.429. The van der Waals surface area contributed by atoms with Crippen LogP contribution < -0.4 is 11.5 Å². The van der Waals surface area contributed by atoms with Crippen molar-refractivity contribution in [3.63, 3.8) is 0 Å². The SMILES string of the molecule is CCCC/C(C)=C/Cc1ccccc1/C=C(\N)c1ccccc1Cl.CCCCC.CN. The van der Waals surface area contributed by atoms with E-state index in [9.17, 15) is 0 Å². The van der Waals surface area contributed by atoms with E-state index in [0.717, 1.165) is 17.5 Å². The van der Waals surface area contributed by atoms with Gasteiger partial charge in [-0.25, -0.2) is 0 Å². The first-order valence-corrected chi connectivity index (χ1v) is 11.9. The van der Waals surface area contributed by atoms with Crippen LogP contribution >= 0.6 is 11.6 Å². The van der Waals surface area contributed by atoms with Crippen molar-refractivity contribution < 1.29 is 0 Å². The Bertz CT molecular complexity index is 776. The van der Waals surface area contributed by atoms with Crippen molar-refractivity contribution >= 4 is 23.4 Å². The summed E-state index contributed by atoms with van der Waals surface area (Å²) in [6.07, 6.45) is 13.0. The third kappa shape index (κ3) is 12.4. The van der Waals surface area contributed by atoms with Gasteiger partial charge in [0.15, 0.2) is 0 Å². The van der Waals surface area contributed by atoms with Gasteiger partial charge in [-0.15, -0.1) is 0 Å². The normalized spacial score (nSPS) is 11.2. The largest absolute Gasteiger partial charge is 0.398 e. The number of halogens is 1. The highest BCUT2D eigenvalue weighted by Crippen LogP contribution is 2.23. The summed E-state index contributed by atoms with van der Waals surface area (Å²) in [6.45, 7) is 8.87. The second-order valence-corrected chi connectivity index (χ2v) is 7.90. The van der Waals surface area contributed by atoms with Gasteiger partial charge in [0.05, 0.1) is 0 Å². The van der Waals surface area contributed by atoms with Crippen LogP contribution in [0, 0.1) is 0 Å². The summed E-state index contributed by atoms with van der Waals surface area (Å²) in [4.78, 5) is 0. The molecule has 2 nitrogen and oxygen atoms in total. The van der Waals surface area contributed by atoms with Crippen molar-refractivity contribution in [1.82, 2.24) is 0 Å². The van der Waals surface area contributed by atoms with Gasteiger partial charge in [-0.05, 0) is 56.5 Å². The second kappa shape index (κ2) is 18.7. The Kier molecular flexibility index (Phi) is 17.5. The Labute approximate surface area is 196 Å². The van der Waals surface area contributed by atoms with Gasteiger partial charge in [-0.1, -0.05) is 112 Å². The molecule has 0 saturated heterocycles. The van der Waals surface area contributed by atoms with Crippen molar-refractivity contribution in [3.8, 4) is 0 Å². The molecule has 0 aliphatic rings. The van der Waals surface area contributed by atoms with E-state index >= 15 is 0 Å². The highest BCUT2D eigenvalue weighted by molar-refractivity contribution is 6.32. The molecule has 0 unspecified atom stereocenters. The number of hydrogen-bond acceptors (Lipinski definition) is 2. The van der Waals surface area contributed by atoms with Crippen LogP contribution in [0.25, 0.3) is 11.8 Å². The van der Waals surface area contributed by atoms with E-state index < -0.39 is 0 Å². The Balaban J connectivity index is 0.00000113. The molecule has 0 radical (unpaired) electrons. The Morgan fingerprint density at radius 3 is 2.03 bits per heavy atom. The van der Waals surface area contributed by atoms with Crippen molar-refractivity contribution in [2.45, 2.75) is 72.6 Å². The van der Waals surface area contributed by atoms with Crippen LogP contribution in [0.15, 0.2) is 60.2 Å². The van der Waals surface area contributed by atoms with E-state index in [2.05, 4.69) is 57.7 Å². The quantitative estimate of drug-likeness (QED) is 0.303. The summed E-state index contributed by atoms with van der Waals surface area (Å²) in [7, 11) is 1.50. The summed E-state index contributed by atoms with van der Waals surface area (Å²) in [6, 6.07) is 16.1. The molecule has 0 spiro atoms. The lowest BCUT2D eigenvalue weighted by molar-refractivity contribution is 0.772. The zero-order valence-corrected chi connectivity index (χ0v) is 21.0. The zero-order valence-electron chi connectivity index (χ0n) is 20.3. The fourth-order valence-electron chi connectivity index (χ4n) is 3.00. The zero-order chi connectivity index (χ0) is 23.5. The van der Waals surface area contributed by atoms with E-state index in [1.165, 1.54) is 56.7 Å². The molecule has 172 valence electrons. The molecular formula is C28H43ClN2. The molecule has 0 aliphatic carbocycles. The average Bonchev–Trinajstić information content (AvgIpc) is 2.79. The third-order valence-corrected chi connectivity index (χ3v) is 5.18. The van der Waals surface area contributed by atoms with E-state index in [4.69, 9.17) is 17.3 Å². The fourth-order valence-corrected chi connectivity index (χ4v) is 3.24. The van der Waals surface area contributed by atoms with Crippen LogP contribution in [0.4, 0.5) is 0 Å². The molecule has 0 bridgehead atoms. The number of rotatable bonds is 9. The molecule has 0 heterocycles. The molecule has 0 amide bonds. The van der Waals surface area contributed by atoms with Crippen LogP contribution in [0.3, 0.4) is 0 Å². The molecule has 2 aromatic rings. The minimum absolute atomic E-state index is 0.680. The molecule has 0 atom stereocenters. The molecule has 0 aromatic heterocycles. The van der Waals surface area contributed by atoms with Crippen LogP contribution in [0.5, 0.6) is 0 Å². The second-order valence-electron chi connectivity index (χ2n) is 7.49. The van der Waals surface area contributed by atoms with Crippen molar-refractivity contribution in [2.75, 3.05) is 7.05 Å². The van der Waals surface area contributed by atoms with Crippen molar-refractivity contribution in [3.05, 3.63) is 81.9 Å². The van der Waals surface area contributed by atoms with Crippen LogP contribution in [0.1, 0.15) is 82.9 Å². The molecule has 3 heteroatoms. The van der Waals surface area contributed by atoms with Crippen molar-refractivity contribution in [2.24, 2.45) is 11.5 Å². The monoisotopic (exact) mass is 442 g/mol. The Morgan fingerprint density at radius 2 is 1.45 bits per heavy atom. The molecule has 0 aliphatic heterocycles. The van der Waals surface area contributed by atoms with Gasteiger partial charge in [0, 0.05) is 16.3 Å². The number of nitrogens with two attached hydrogens (primary N) is 2. The average molecular weight is 443 g/mol. The molecule has 31 heavy (non-hydrogen) atoms. The summed E-state index contributed by atoms with van der Waals surface area (Å²) in [5.74, 6) is 0. The number of allylic oxidation sites excluding steroid dienone is 2. The lowest BCUT2D eigenvalue weighted by Crippen LogP contribution is -1.98. The first kappa shape index (κ1) is 29.0. The van der Waals surface area contributed by atoms with Crippen LogP contribution in [0.2, 0.25) is 5.02 Å². The van der Waals surface area contributed by atoms with Gasteiger partial charge < -0.3 is 11.5 Å². The minimum atomic E-state index is 0.680. The van der Waals surface area contributed by atoms with Gasteiger partial charge in [0.2, 0.25) is 0 Å². The van der Waals surface area contributed by atoms with E-state index in [1.807, 2.05) is 36.4 Å². The predicted molar refractivity (Wildman–Crippen MR) is 142 cm³/mol. The van der Waals surface area contributed by atoms with Gasteiger partial charge in [-0.2, -0.15) is 0 Å². The Hall–Kier alpha value is -2.03. The summed E-state index contributed by atoms with van der Waals surface area (Å²) in [5, 5.41) is 0.680. The molecule has 0 fully saturated rings. The molecular weight excluding hydrogens is 400 g/mol. The first-order valence-electron chi connectivity index (χ1n) is 11.6. The minimum Gasteiger partial charge on any atom is -0.398 e. The van der Waals surface area contributed by atoms with Gasteiger partial charge >= 0.3 is 0 Å². The van der Waals surface area contributed by atoms with Crippen molar-refractivity contribution in [1.29, 1.82) is 0 Å². The van der Waals surface area contributed by atoms with Gasteiger partial charge in [-0.3, -0.25) is 0 Å². The number of unbranched alkanes of at least 4 members (excludes halogenated alkanes) is 3.